The van der Waals surface area contributed by atoms with Gasteiger partial charge >= 0.3 is 17.9 Å². The minimum absolute atomic E-state index is 0.0243. The summed E-state index contributed by atoms with van der Waals surface area (Å²) in [6, 6.07) is 8.90. The van der Waals surface area contributed by atoms with E-state index in [0.29, 0.717) is 0 Å². The molecule has 5 atom stereocenters. The van der Waals surface area contributed by atoms with Crippen molar-refractivity contribution < 1.29 is 42.8 Å². The minimum Gasteiger partial charge on any atom is -0.467 e. The number of methoxy groups -OCH3 is 1. The van der Waals surface area contributed by atoms with Gasteiger partial charge in [-0.05, 0) is 5.56 Å². The van der Waals surface area contributed by atoms with Crippen LogP contribution in [0, 0.1) is 5.41 Å². The third-order valence-electron chi connectivity index (χ3n) is 4.31. The fraction of sp³-hybridized carbons (Fsp3) is 0.500. The van der Waals surface area contributed by atoms with Gasteiger partial charge in [0.05, 0.1) is 13.7 Å². The third kappa shape index (κ3) is 7.72. The molecule has 1 N–H and O–H groups in total. The van der Waals surface area contributed by atoms with Gasteiger partial charge in [0, 0.05) is 13.8 Å². The highest BCUT2D eigenvalue weighted by atomic mass is 35.6. The SMILES string of the molecule is COC(=O)[C@@H]1OC(OC(=N)C(Cl)(Cl)Cl)[C@@H](OC(C)=O)[C@H](OCc2ccccc2)[C@H]1OC(C)=O. The van der Waals surface area contributed by atoms with Gasteiger partial charge < -0.3 is 28.4 Å². The molecular formula is C20H22Cl3NO9. The van der Waals surface area contributed by atoms with Gasteiger partial charge in [0.15, 0.2) is 18.3 Å². The molecule has 0 bridgehead atoms. The topological polar surface area (TPSA) is 130 Å². The molecule has 182 valence electrons. The number of halogens is 3. The van der Waals surface area contributed by atoms with Crippen LogP contribution in [-0.4, -0.2) is 65.4 Å². The predicted molar refractivity (Wildman–Crippen MR) is 116 cm³/mol. The molecule has 0 amide bonds. The summed E-state index contributed by atoms with van der Waals surface area (Å²) in [5, 5.41) is 7.85. The lowest BCUT2D eigenvalue weighted by Gasteiger charge is -2.43. The Bertz CT molecular complexity index is 862. The van der Waals surface area contributed by atoms with E-state index in [-0.39, 0.29) is 6.61 Å². The van der Waals surface area contributed by atoms with Crippen LogP contribution in [-0.2, 0) is 49.4 Å². The van der Waals surface area contributed by atoms with E-state index in [1.54, 1.807) is 30.3 Å². The number of carbonyl (C=O) groups excluding carboxylic acids is 3. The third-order valence-corrected chi connectivity index (χ3v) is 4.82. The van der Waals surface area contributed by atoms with E-state index in [9.17, 15) is 14.4 Å². The fourth-order valence-corrected chi connectivity index (χ4v) is 3.12. The van der Waals surface area contributed by atoms with Crippen molar-refractivity contribution in [2.75, 3.05) is 7.11 Å². The first-order valence-electron chi connectivity index (χ1n) is 9.49. The van der Waals surface area contributed by atoms with Crippen LogP contribution in [0.4, 0.5) is 0 Å². The lowest BCUT2D eigenvalue weighted by Crippen LogP contribution is -2.64. The summed E-state index contributed by atoms with van der Waals surface area (Å²) in [6.07, 6.45) is -7.33. The van der Waals surface area contributed by atoms with Crippen molar-refractivity contribution in [1.82, 2.24) is 0 Å². The molecule has 13 heteroatoms. The maximum atomic E-state index is 12.4. The van der Waals surface area contributed by atoms with E-state index in [1.165, 1.54) is 0 Å². The molecule has 0 aromatic heterocycles. The first-order chi connectivity index (χ1) is 15.4. The summed E-state index contributed by atoms with van der Waals surface area (Å²) in [7, 11) is 1.09. The number of benzene rings is 1. The summed E-state index contributed by atoms with van der Waals surface area (Å²) in [5.74, 6) is -3.35. The van der Waals surface area contributed by atoms with Crippen molar-refractivity contribution in [3.8, 4) is 0 Å². The maximum Gasteiger partial charge on any atom is 0.339 e. The average Bonchev–Trinajstić information content (AvgIpc) is 2.73. The molecule has 0 radical (unpaired) electrons. The summed E-state index contributed by atoms with van der Waals surface area (Å²) in [6.45, 7) is 2.20. The Kier molecular flexibility index (Phi) is 9.74. The Hall–Kier alpha value is -2.11. The zero-order valence-electron chi connectivity index (χ0n) is 17.8. The van der Waals surface area contributed by atoms with Crippen LogP contribution < -0.4 is 0 Å². The number of alkyl halides is 3. The van der Waals surface area contributed by atoms with Crippen LogP contribution in [0.5, 0.6) is 0 Å². The van der Waals surface area contributed by atoms with E-state index >= 15 is 0 Å². The van der Waals surface area contributed by atoms with E-state index in [4.69, 9.17) is 68.6 Å². The molecular weight excluding hydrogens is 505 g/mol. The highest BCUT2D eigenvalue weighted by molar-refractivity contribution is 6.76. The van der Waals surface area contributed by atoms with Crippen molar-refractivity contribution in [2.45, 2.75) is 55.0 Å². The second kappa shape index (κ2) is 11.8. The number of rotatable bonds is 7. The quantitative estimate of drug-likeness (QED) is 0.187. The normalized spacial score (nSPS) is 25.0. The van der Waals surface area contributed by atoms with Gasteiger partial charge in [-0.3, -0.25) is 15.0 Å². The predicted octanol–water partition coefficient (Wildman–Crippen LogP) is 2.70. The lowest BCUT2D eigenvalue weighted by molar-refractivity contribution is -0.291. The zero-order valence-corrected chi connectivity index (χ0v) is 20.1. The second-order valence-corrected chi connectivity index (χ2v) is 9.08. The van der Waals surface area contributed by atoms with Crippen molar-refractivity contribution in [3.63, 3.8) is 0 Å². The van der Waals surface area contributed by atoms with Crippen molar-refractivity contribution in [3.05, 3.63) is 35.9 Å². The first kappa shape index (κ1) is 27.1. The van der Waals surface area contributed by atoms with Gasteiger partial charge in [0.25, 0.3) is 3.79 Å². The van der Waals surface area contributed by atoms with E-state index < -0.39 is 58.3 Å². The van der Waals surface area contributed by atoms with Gasteiger partial charge in [0.2, 0.25) is 12.2 Å². The Morgan fingerprint density at radius 1 is 0.970 bits per heavy atom. The zero-order chi connectivity index (χ0) is 24.8. The molecule has 0 aliphatic carbocycles. The van der Waals surface area contributed by atoms with Crippen molar-refractivity contribution in [2.24, 2.45) is 0 Å². The summed E-state index contributed by atoms with van der Waals surface area (Å²) in [5.41, 5.74) is 0.730. The Morgan fingerprint density at radius 3 is 2.06 bits per heavy atom. The standard InChI is InChI=1S/C20H22Cl3NO9/c1-10(25)30-14-13(29-9-12-7-5-4-6-8-12)16(31-11(2)26)18(32-15(14)17(27)28-3)33-19(24)20(21,22)23/h4-8,13-16,18,24H,9H2,1-3H3/t13-,14-,15-,16+,18?/m1/s1. The van der Waals surface area contributed by atoms with Crippen LogP contribution in [0.15, 0.2) is 30.3 Å². The molecule has 0 saturated carbocycles. The summed E-state index contributed by atoms with van der Waals surface area (Å²) < 4.78 is 29.8. The molecule has 1 heterocycles. The number of esters is 3. The highest BCUT2D eigenvalue weighted by Gasteiger charge is 2.55. The molecule has 1 aromatic carbocycles. The molecule has 1 aromatic rings. The summed E-state index contributed by atoms with van der Waals surface area (Å²) in [4.78, 5) is 36.1. The van der Waals surface area contributed by atoms with Crippen LogP contribution in [0.1, 0.15) is 19.4 Å². The van der Waals surface area contributed by atoms with Gasteiger partial charge in [0.1, 0.15) is 6.10 Å². The van der Waals surface area contributed by atoms with Crippen LogP contribution in [0.25, 0.3) is 0 Å². The molecule has 2 rings (SSSR count). The van der Waals surface area contributed by atoms with Crippen molar-refractivity contribution >= 4 is 58.6 Å². The van der Waals surface area contributed by atoms with Gasteiger partial charge in [-0.1, -0.05) is 65.1 Å². The molecule has 33 heavy (non-hydrogen) atoms. The summed E-state index contributed by atoms with van der Waals surface area (Å²) >= 11 is 17.1. The second-order valence-electron chi connectivity index (χ2n) is 6.80. The largest absolute Gasteiger partial charge is 0.467 e. The van der Waals surface area contributed by atoms with Gasteiger partial charge in [-0.2, -0.15) is 0 Å². The number of carbonyl (C=O) groups is 3. The molecule has 10 nitrogen and oxygen atoms in total. The molecule has 0 spiro atoms. The fourth-order valence-electron chi connectivity index (χ4n) is 2.99. The van der Waals surface area contributed by atoms with E-state index in [2.05, 4.69) is 0 Å². The molecule has 1 fully saturated rings. The monoisotopic (exact) mass is 525 g/mol. The molecule has 1 saturated heterocycles. The number of hydrogen-bond acceptors (Lipinski definition) is 10. The molecule has 1 aliphatic heterocycles. The smallest absolute Gasteiger partial charge is 0.339 e. The van der Waals surface area contributed by atoms with Crippen molar-refractivity contribution in [1.29, 1.82) is 5.41 Å². The highest BCUT2D eigenvalue weighted by Crippen LogP contribution is 2.34. The molecule has 1 unspecified atom stereocenters. The number of hydrogen-bond donors (Lipinski definition) is 1. The Balaban J connectivity index is 2.47. The molecule has 1 aliphatic rings. The van der Waals surface area contributed by atoms with Crippen LogP contribution >= 0.6 is 34.8 Å². The van der Waals surface area contributed by atoms with Gasteiger partial charge in [-0.25, -0.2) is 4.79 Å². The van der Waals surface area contributed by atoms with Gasteiger partial charge in [-0.15, -0.1) is 0 Å². The Morgan fingerprint density at radius 2 is 1.55 bits per heavy atom. The van der Waals surface area contributed by atoms with E-state index in [1.807, 2.05) is 0 Å². The average molecular weight is 527 g/mol. The number of nitrogens with one attached hydrogen (secondary N) is 1. The maximum absolute atomic E-state index is 12.4. The lowest BCUT2D eigenvalue weighted by atomic mass is 9.97. The number of ether oxygens (including phenoxy) is 6. The minimum atomic E-state index is -2.28. The Labute approximate surface area is 204 Å². The van der Waals surface area contributed by atoms with Crippen LogP contribution in [0.3, 0.4) is 0 Å². The van der Waals surface area contributed by atoms with E-state index in [0.717, 1.165) is 26.5 Å². The first-order valence-corrected chi connectivity index (χ1v) is 10.6. The van der Waals surface area contributed by atoms with Crippen LogP contribution in [0.2, 0.25) is 0 Å².